The minimum Gasteiger partial charge on any atom is -0.504 e. The van der Waals surface area contributed by atoms with Crippen LogP contribution in [0.25, 0.3) is 0 Å². The van der Waals surface area contributed by atoms with Crippen LogP contribution in [0.1, 0.15) is 130 Å². The summed E-state index contributed by atoms with van der Waals surface area (Å²) in [7, 11) is 12.8. The van der Waals surface area contributed by atoms with Gasteiger partial charge in [0.15, 0.2) is 92.0 Å². The summed E-state index contributed by atoms with van der Waals surface area (Å²) in [4.78, 5) is 8.86. The fourth-order valence-electron chi connectivity index (χ4n) is 13.4. The van der Waals surface area contributed by atoms with Crippen LogP contribution < -0.4 is 14.2 Å². The van der Waals surface area contributed by atoms with Gasteiger partial charge < -0.3 is 100 Å². The van der Waals surface area contributed by atoms with Gasteiger partial charge in [-0.2, -0.15) is 0 Å². The monoisotopic (exact) mass is 1300 g/mol. The van der Waals surface area contributed by atoms with Crippen LogP contribution in [-0.2, 0) is 12.8 Å². The molecule has 0 bridgehead atoms. The van der Waals surface area contributed by atoms with Crippen molar-refractivity contribution in [3.8, 4) is 92.0 Å². The lowest BCUT2D eigenvalue weighted by Gasteiger charge is -2.23. The molecule has 20 heteroatoms. The molecule has 4 aliphatic heterocycles. The molecular weight excluding hydrogens is 1210 g/mol. The number of likely N-dealkylation sites (N-methyl/N-ethyl adjacent to an activating group) is 4. The molecule has 0 spiro atoms. The van der Waals surface area contributed by atoms with Crippen LogP contribution in [0.4, 0.5) is 0 Å². The van der Waals surface area contributed by atoms with Crippen molar-refractivity contribution in [3.05, 3.63) is 188 Å². The molecule has 4 aliphatic rings. The van der Waals surface area contributed by atoms with Gasteiger partial charge in [-0.1, -0.05) is 52.0 Å². The number of phenols is 13. The summed E-state index contributed by atoms with van der Waals surface area (Å²) in [5.41, 5.74) is 11.8. The summed E-state index contributed by atoms with van der Waals surface area (Å²) in [6.45, 7) is 14.7. The molecule has 508 valence electrons. The highest BCUT2D eigenvalue weighted by Crippen LogP contribution is 2.46. The first kappa shape index (κ1) is 71.3. The van der Waals surface area contributed by atoms with Gasteiger partial charge >= 0.3 is 0 Å². The molecule has 0 saturated heterocycles. The second-order valence-corrected chi connectivity index (χ2v) is 25.0. The smallest absolute Gasteiger partial charge is 0.160 e. The van der Waals surface area contributed by atoms with Gasteiger partial charge in [0.25, 0.3) is 0 Å². The number of nitrogens with zero attached hydrogens (tertiary/aromatic N) is 4. The number of phenolic OH excluding ortho intramolecular Hbond substituents is 13. The van der Waals surface area contributed by atoms with Gasteiger partial charge in [-0.3, -0.25) is 0 Å². The zero-order chi connectivity index (χ0) is 69.3. The standard InChI is InChI=1S/C19H23NO4.3C18H21NO4.C2H6/c1-11-9-20(2)10-15(12-4-5-19(24-3)18(23)6-12)14-8-17(22)16(21)7-13(11)14;1-10-8-19(2)9-14(11-3-4-15(20)16(21)5-11)13-7-18(23)17(22)6-12(10)13;1-19-6-5-12-7-16(21)17(22)9-13(12)14(10-19)11-3-4-15(20)18(8-11)23-2;1-19-6-5-12-8-18(23-2)17(22)9-13(12)14(10-19)11-3-4-15(20)16(21)7-11;1-2/h4-8,11,15,21-23H,9-10H2,1-3H3;3-7,10,14,20-23H,8-9H2,1-2H3;2*3-4,7-9,14,20-22H,5-6,10H2,1-2H3;1-2H3. The van der Waals surface area contributed by atoms with E-state index < -0.39 is 0 Å². The maximum absolute atomic E-state index is 10.2. The Morgan fingerprint density at radius 2 is 0.579 bits per heavy atom. The largest absolute Gasteiger partial charge is 0.504 e. The number of hydrogen-bond acceptors (Lipinski definition) is 20. The van der Waals surface area contributed by atoms with Crippen molar-refractivity contribution >= 4 is 0 Å². The molecule has 0 aliphatic carbocycles. The van der Waals surface area contributed by atoms with Crippen molar-refractivity contribution in [2.24, 2.45) is 0 Å². The Bertz CT molecular complexity index is 3970. The quantitative estimate of drug-likeness (QED) is 0.0660. The molecule has 0 radical (unpaired) electrons. The summed E-state index contributed by atoms with van der Waals surface area (Å²) < 4.78 is 15.6. The Hall–Kier alpha value is -9.60. The fourth-order valence-corrected chi connectivity index (χ4v) is 13.4. The van der Waals surface area contributed by atoms with Gasteiger partial charge in [0.1, 0.15) is 0 Å². The number of hydrogen-bond donors (Lipinski definition) is 13. The van der Waals surface area contributed by atoms with Gasteiger partial charge in [0, 0.05) is 76.0 Å². The molecule has 8 aromatic carbocycles. The average Bonchev–Trinajstić information content (AvgIpc) is 1.79. The molecule has 6 atom stereocenters. The van der Waals surface area contributed by atoms with Crippen LogP contribution in [0.3, 0.4) is 0 Å². The first-order valence-electron chi connectivity index (χ1n) is 31.8. The van der Waals surface area contributed by atoms with E-state index in [1.165, 1.54) is 26.4 Å². The normalized spacial score (nSPS) is 19.5. The molecule has 0 aromatic heterocycles. The van der Waals surface area contributed by atoms with Gasteiger partial charge in [-0.25, -0.2) is 0 Å². The van der Waals surface area contributed by atoms with Gasteiger partial charge in [0.2, 0.25) is 0 Å². The number of rotatable bonds is 7. The number of methoxy groups -OCH3 is 3. The van der Waals surface area contributed by atoms with Gasteiger partial charge in [-0.05, 0) is 217 Å². The van der Waals surface area contributed by atoms with E-state index in [0.29, 0.717) is 23.8 Å². The van der Waals surface area contributed by atoms with Crippen LogP contribution in [0, 0.1) is 0 Å². The maximum Gasteiger partial charge on any atom is 0.160 e. The molecule has 12 rings (SSSR count). The molecule has 0 amide bonds. The Morgan fingerprint density at radius 1 is 0.284 bits per heavy atom. The molecule has 13 N–H and O–H groups in total. The Morgan fingerprint density at radius 3 is 0.989 bits per heavy atom. The Labute approximate surface area is 555 Å². The summed E-state index contributed by atoms with van der Waals surface area (Å²) >= 11 is 0. The van der Waals surface area contributed by atoms with E-state index in [1.807, 2.05) is 51.2 Å². The summed E-state index contributed by atoms with van der Waals surface area (Å²) in [5, 5.41) is 128. The predicted octanol–water partition coefficient (Wildman–Crippen LogP) is 11.6. The molecule has 6 unspecified atom stereocenters. The van der Waals surface area contributed by atoms with Crippen molar-refractivity contribution in [2.75, 3.05) is 102 Å². The SMILES string of the molecule is CC.CC1CN(C)CC(c2ccc(O)c(O)c2)c2cc(O)c(O)cc21.COc1cc(C2CN(C)CCc3cc(O)c(O)cc32)ccc1O.COc1cc2c(cc1O)C(c1ccc(O)c(O)c1)CN(C)CC2.COc1ccc(C2CN(C)CC(C)c3cc(O)c(O)cc32)cc1O. The molecule has 0 fully saturated rings. The predicted molar refractivity (Wildman–Crippen MR) is 366 cm³/mol. The van der Waals surface area contributed by atoms with Crippen molar-refractivity contribution in [1.82, 2.24) is 19.6 Å². The first-order valence-corrected chi connectivity index (χ1v) is 31.8. The third-order valence-electron chi connectivity index (χ3n) is 18.3. The zero-order valence-corrected chi connectivity index (χ0v) is 55.9. The fraction of sp³-hybridized carbons (Fsp3) is 0.360. The molecule has 0 saturated carbocycles. The highest BCUT2D eigenvalue weighted by molar-refractivity contribution is 5.57. The Balaban J connectivity index is 0.000000161. The number of aromatic hydroxyl groups is 13. The maximum atomic E-state index is 10.2. The summed E-state index contributed by atoms with van der Waals surface area (Å²) in [5.74, 6) is 0.779. The Kier molecular flexibility index (Phi) is 23.3. The van der Waals surface area contributed by atoms with Crippen molar-refractivity contribution in [3.63, 3.8) is 0 Å². The van der Waals surface area contributed by atoms with E-state index in [-0.39, 0.29) is 110 Å². The highest BCUT2D eigenvalue weighted by Gasteiger charge is 2.32. The lowest BCUT2D eigenvalue weighted by atomic mass is 9.85. The first-order chi connectivity index (χ1) is 45.2. The summed E-state index contributed by atoms with van der Waals surface area (Å²) in [6.07, 6.45) is 1.68. The topological polar surface area (TPSA) is 304 Å². The molecule has 20 nitrogen and oxygen atoms in total. The minimum atomic E-state index is -0.160. The van der Waals surface area contributed by atoms with Crippen LogP contribution in [0.2, 0.25) is 0 Å². The zero-order valence-electron chi connectivity index (χ0n) is 55.9. The molecule has 8 aromatic rings. The van der Waals surface area contributed by atoms with E-state index in [2.05, 4.69) is 54.6 Å². The van der Waals surface area contributed by atoms with Crippen LogP contribution in [0.15, 0.2) is 121 Å². The van der Waals surface area contributed by atoms with Crippen molar-refractivity contribution < 1.29 is 80.6 Å². The molecular formula is C75H92N4O16. The number of fused-ring (bicyclic) bond motifs is 4. The van der Waals surface area contributed by atoms with E-state index in [4.69, 9.17) is 14.2 Å². The van der Waals surface area contributed by atoms with Crippen LogP contribution in [-0.4, -0.2) is 188 Å². The van der Waals surface area contributed by atoms with E-state index in [1.54, 1.807) is 86.0 Å². The second kappa shape index (κ2) is 31.1. The lowest BCUT2D eigenvalue weighted by Crippen LogP contribution is -2.25. The van der Waals surface area contributed by atoms with E-state index in [9.17, 15) is 66.4 Å². The van der Waals surface area contributed by atoms with E-state index in [0.717, 1.165) is 125 Å². The van der Waals surface area contributed by atoms with Crippen LogP contribution in [0.5, 0.6) is 92.0 Å². The van der Waals surface area contributed by atoms with Crippen molar-refractivity contribution in [2.45, 2.75) is 76.0 Å². The van der Waals surface area contributed by atoms with E-state index >= 15 is 0 Å². The third kappa shape index (κ3) is 16.5. The number of benzene rings is 8. The highest BCUT2D eigenvalue weighted by atomic mass is 16.5. The van der Waals surface area contributed by atoms with Crippen LogP contribution >= 0.6 is 0 Å². The third-order valence-corrected chi connectivity index (χ3v) is 18.3. The molecule has 4 heterocycles. The van der Waals surface area contributed by atoms with Gasteiger partial charge in [-0.15, -0.1) is 0 Å². The minimum absolute atomic E-state index is 0.000746. The summed E-state index contributed by atoms with van der Waals surface area (Å²) in [6, 6.07) is 33.9. The average molecular weight is 1310 g/mol. The van der Waals surface area contributed by atoms with Crippen molar-refractivity contribution in [1.29, 1.82) is 0 Å². The second-order valence-electron chi connectivity index (χ2n) is 25.0. The van der Waals surface area contributed by atoms with Gasteiger partial charge in [0.05, 0.1) is 21.3 Å². The lowest BCUT2D eigenvalue weighted by molar-refractivity contribution is 0.319. The number of ether oxygens (including phenoxy) is 3. The molecule has 95 heavy (non-hydrogen) atoms.